The zero-order valence-corrected chi connectivity index (χ0v) is 18.8. The molecule has 0 aliphatic carbocycles. The summed E-state index contributed by atoms with van der Waals surface area (Å²) >= 11 is 9.08. The summed E-state index contributed by atoms with van der Waals surface area (Å²) in [5, 5.41) is 7.39. The van der Waals surface area contributed by atoms with E-state index in [2.05, 4.69) is 20.3 Å². The minimum Gasteiger partial charge on any atom is -0.445 e. The minimum atomic E-state index is -0.344. The highest BCUT2D eigenvalue weighted by Gasteiger charge is 2.18. The number of anilines is 2. The number of carbonyl (C=O) groups is 1. The maximum Gasteiger partial charge on any atom is 0.206 e. The lowest BCUT2D eigenvalue weighted by atomic mass is 10.3. The second-order valence-corrected chi connectivity index (χ2v) is 8.45. The molecule has 0 saturated carbocycles. The first-order valence-electron chi connectivity index (χ1n) is 9.14. The largest absolute Gasteiger partial charge is 0.445 e. The molecule has 3 N–H and O–H groups in total. The second-order valence-electron chi connectivity index (χ2n) is 6.17. The zero-order chi connectivity index (χ0) is 22.1. The third-order valence-electron chi connectivity index (χ3n) is 3.77. The summed E-state index contributed by atoms with van der Waals surface area (Å²) in [6.07, 6.45) is 2.22. The van der Waals surface area contributed by atoms with Gasteiger partial charge in [0.25, 0.3) is 0 Å². The van der Waals surface area contributed by atoms with Gasteiger partial charge in [-0.2, -0.15) is 0 Å². The van der Waals surface area contributed by atoms with Crippen LogP contribution in [-0.2, 0) is 9.53 Å². The molecule has 2 heterocycles. The van der Waals surface area contributed by atoms with Crippen LogP contribution < -0.4 is 20.1 Å². The Hall–Kier alpha value is -2.37. The first kappa shape index (κ1) is 23.3. The van der Waals surface area contributed by atoms with Crippen LogP contribution >= 0.6 is 34.9 Å². The fourth-order valence-corrected chi connectivity index (χ4v) is 3.97. The Morgan fingerprint density at radius 3 is 2.81 bits per heavy atom. The van der Waals surface area contributed by atoms with Crippen molar-refractivity contribution in [3.63, 3.8) is 0 Å². The molecule has 2 aromatic carbocycles. The third kappa shape index (κ3) is 7.37. The number of carbonyl (C=O) groups excluding carboxylic acids is 1. The van der Waals surface area contributed by atoms with Crippen LogP contribution in [0.25, 0.3) is 0 Å². The Morgan fingerprint density at radius 2 is 2.13 bits per heavy atom. The molecular formula is C20H20ClFN4O3S2. The molecule has 0 atom stereocenters. The highest BCUT2D eigenvalue weighted by Crippen LogP contribution is 2.34. The van der Waals surface area contributed by atoms with Crippen molar-refractivity contribution in [1.82, 2.24) is 15.0 Å². The molecule has 11 heteroatoms. The van der Waals surface area contributed by atoms with E-state index in [0.29, 0.717) is 33.4 Å². The van der Waals surface area contributed by atoms with E-state index < -0.39 is 0 Å². The number of thiazole rings is 1. The fraction of sp³-hybridized carbons (Fsp3) is 0.200. The molecule has 0 bridgehead atoms. The van der Waals surface area contributed by atoms with Gasteiger partial charge in [0.1, 0.15) is 11.6 Å². The predicted molar refractivity (Wildman–Crippen MR) is 122 cm³/mol. The molecule has 4 rings (SSSR count). The fourth-order valence-electron chi connectivity index (χ4n) is 2.24. The summed E-state index contributed by atoms with van der Waals surface area (Å²) in [4.78, 5) is 14.3. The number of benzene rings is 2. The summed E-state index contributed by atoms with van der Waals surface area (Å²) in [5.74, 6) is 0.0880. The molecule has 1 aliphatic rings. The predicted octanol–water partition coefficient (Wildman–Crippen LogP) is 4.83. The molecule has 1 amide bonds. The van der Waals surface area contributed by atoms with E-state index >= 15 is 0 Å². The monoisotopic (exact) mass is 482 g/mol. The van der Waals surface area contributed by atoms with E-state index in [0.717, 1.165) is 23.8 Å². The molecule has 31 heavy (non-hydrogen) atoms. The smallest absolute Gasteiger partial charge is 0.206 e. The molecule has 7 nitrogen and oxygen atoms in total. The average molecular weight is 483 g/mol. The van der Waals surface area contributed by atoms with Gasteiger partial charge in [0.2, 0.25) is 11.5 Å². The minimum absolute atomic E-state index is 0.344. The van der Waals surface area contributed by atoms with Crippen LogP contribution in [0.2, 0.25) is 5.02 Å². The van der Waals surface area contributed by atoms with E-state index in [4.69, 9.17) is 25.9 Å². The number of hydrogen-bond acceptors (Lipinski definition) is 8. The quantitative estimate of drug-likeness (QED) is 0.313. The van der Waals surface area contributed by atoms with Crippen LogP contribution in [0.15, 0.2) is 53.6 Å². The van der Waals surface area contributed by atoms with Gasteiger partial charge in [0, 0.05) is 23.7 Å². The Balaban J connectivity index is 0.000000628. The third-order valence-corrected chi connectivity index (χ3v) is 6.01. The summed E-state index contributed by atoms with van der Waals surface area (Å²) in [6.45, 7) is 1.44. The van der Waals surface area contributed by atoms with Gasteiger partial charge >= 0.3 is 0 Å². The van der Waals surface area contributed by atoms with Crippen LogP contribution in [0.4, 0.5) is 15.2 Å². The molecule has 1 aliphatic heterocycles. The number of aromatic nitrogens is 1. The molecule has 1 saturated heterocycles. The number of halogens is 2. The van der Waals surface area contributed by atoms with Gasteiger partial charge < -0.3 is 20.1 Å². The van der Waals surface area contributed by atoms with Crippen molar-refractivity contribution in [2.24, 2.45) is 0 Å². The van der Waals surface area contributed by atoms with Crippen LogP contribution in [0.1, 0.15) is 0 Å². The van der Waals surface area contributed by atoms with Crippen molar-refractivity contribution in [3.8, 4) is 10.8 Å². The lowest BCUT2D eigenvalue weighted by molar-refractivity contribution is -0.109. The lowest BCUT2D eigenvalue weighted by Gasteiger charge is -2.26. The maximum atomic E-state index is 13.2. The van der Waals surface area contributed by atoms with Gasteiger partial charge in [-0.05, 0) is 42.3 Å². The van der Waals surface area contributed by atoms with Gasteiger partial charge in [-0.15, -0.1) is 0 Å². The highest BCUT2D eigenvalue weighted by molar-refractivity contribution is 7.97. The van der Waals surface area contributed by atoms with Crippen molar-refractivity contribution in [2.45, 2.75) is 10.9 Å². The molecule has 0 radical (unpaired) electrons. The Bertz CT molecular complexity index is 1000. The van der Waals surface area contributed by atoms with Crippen LogP contribution in [0, 0.1) is 5.82 Å². The van der Waals surface area contributed by atoms with Gasteiger partial charge in [0.05, 0.1) is 30.5 Å². The molecule has 164 valence electrons. The number of amides is 1. The van der Waals surface area contributed by atoms with Crippen LogP contribution in [0.5, 0.6) is 10.8 Å². The lowest BCUT2D eigenvalue weighted by Crippen LogP contribution is -2.42. The number of nitrogens with one attached hydrogen (secondary N) is 3. The summed E-state index contributed by atoms with van der Waals surface area (Å²) < 4.78 is 27.3. The van der Waals surface area contributed by atoms with Gasteiger partial charge in [0.15, 0.2) is 5.13 Å². The van der Waals surface area contributed by atoms with E-state index in [1.54, 1.807) is 25.4 Å². The molecule has 1 aromatic heterocycles. The van der Waals surface area contributed by atoms with Crippen LogP contribution in [0.3, 0.4) is 0 Å². The van der Waals surface area contributed by atoms with E-state index in [-0.39, 0.29) is 5.82 Å². The highest BCUT2D eigenvalue weighted by atomic mass is 35.5. The SMILES string of the molecule is CNC=O.Fc1cccc(Oc2cnc(Nc3ccc(Cl)c(SNC4COC4)c3)s2)c1. The Morgan fingerprint density at radius 1 is 1.32 bits per heavy atom. The number of hydrogen-bond donors (Lipinski definition) is 3. The maximum absolute atomic E-state index is 13.2. The molecule has 0 spiro atoms. The molecular weight excluding hydrogens is 463 g/mol. The van der Waals surface area contributed by atoms with Gasteiger partial charge in [-0.1, -0.05) is 29.0 Å². The Labute approximate surface area is 192 Å². The summed E-state index contributed by atoms with van der Waals surface area (Å²) in [5.41, 5.74) is 0.861. The number of nitrogens with zero attached hydrogens (tertiary/aromatic N) is 1. The van der Waals surface area contributed by atoms with Crippen molar-refractivity contribution >= 4 is 52.1 Å². The first-order chi connectivity index (χ1) is 15.1. The Kier molecular flexibility index (Phi) is 8.92. The standard InChI is InChI=1S/C18H15ClFN3O2S2.C2H5NO/c19-15-5-4-12(7-16(15)27-23-13-9-24-10-13)22-18-21-8-17(26-18)25-14-3-1-2-11(20)6-14;1-3-2-4/h1-8,13,23H,9-10H2,(H,21,22);2H,1H3,(H,3,4). The van der Waals surface area contributed by atoms with Crippen molar-refractivity contribution in [1.29, 1.82) is 0 Å². The molecule has 1 fully saturated rings. The normalized spacial score (nSPS) is 12.9. The van der Waals surface area contributed by atoms with E-state index in [1.165, 1.54) is 35.4 Å². The van der Waals surface area contributed by atoms with Gasteiger partial charge in [-0.25, -0.2) is 9.37 Å². The molecule has 0 unspecified atom stereocenters. The van der Waals surface area contributed by atoms with Crippen molar-refractivity contribution < 1.29 is 18.7 Å². The van der Waals surface area contributed by atoms with Crippen LogP contribution in [-0.4, -0.2) is 37.7 Å². The van der Waals surface area contributed by atoms with E-state index in [9.17, 15) is 4.39 Å². The molecule has 3 aromatic rings. The summed E-state index contributed by atoms with van der Waals surface area (Å²) in [7, 11) is 1.56. The number of ether oxygens (including phenoxy) is 2. The first-order valence-corrected chi connectivity index (χ1v) is 11.2. The topological polar surface area (TPSA) is 84.5 Å². The van der Waals surface area contributed by atoms with Crippen molar-refractivity contribution in [3.05, 3.63) is 59.5 Å². The summed E-state index contributed by atoms with van der Waals surface area (Å²) in [6, 6.07) is 12.0. The zero-order valence-electron chi connectivity index (χ0n) is 16.4. The van der Waals surface area contributed by atoms with Crippen molar-refractivity contribution in [2.75, 3.05) is 25.6 Å². The van der Waals surface area contributed by atoms with E-state index in [1.807, 2.05) is 18.2 Å². The number of rotatable bonds is 8. The average Bonchev–Trinajstić information content (AvgIpc) is 3.16. The van der Waals surface area contributed by atoms with Gasteiger partial charge in [-0.3, -0.25) is 9.52 Å². The second kappa shape index (κ2) is 11.9.